The number of hydrogen-bond acceptors (Lipinski definition) is 5. The van der Waals surface area contributed by atoms with E-state index < -0.39 is 0 Å². The van der Waals surface area contributed by atoms with E-state index in [0.29, 0.717) is 42.4 Å². The van der Waals surface area contributed by atoms with Gasteiger partial charge in [0.05, 0.1) is 11.3 Å². The maximum atomic E-state index is 12.7. The van der Waals surface area contributed by atoms with Crippen LogP contribution in [0.3, 0.4) is 0 Å². The van der Waals surface area contributed by atoms with Crippen molar-refractivity contribution in [3.8, 4) is 0 Å². The predicted octanol–water partition coefficient (Wildman–Crippen LogP) is 4.57. The van der Waals surface area contributed by atoms with Gasteiger partial charge in [-0.2, -0.15) is 4.98 Å². The summed E-state index contributed by atoms with van der Waals surface area (Å²) in [6.45, 7) is 8.49. The van der Waals surface area contributed by atoms with Crippen molar-refractivity contribution in [2.24, 2.45) is 0 Å². The minimum absolute atomic E-state index is 0.167. The molecule has 0 fully saturated rings. The molecule has 0 aliphatic rings. The summed E-state index contributed by atoms with van der Waals surface area (Å²) in [5, 5.41) is 9.75. The van der Waals surface area contributed by atoms with Gasteiger partial charge in [0.1, 0.15) is 0 Å². The monoisotopic (exact) mass is 434 g/mol. The summed E-state index contributed by atoms with van der Waals surface area (Å²) in [5.41, 5.74) is 2.93. The first-order chi connectivity index (χ1) is 15.2. The number of nitrogens with one attached hydrogen (secondary N) is 2. The van der Waals surface area contributed by atoms with Gasteiger partial charge in [-0.3, -0.25) is 9.59 Å². The number of aryl methyl sites for hydroxylation is 2. The maximum Gasteiger partial charge on any atom is 0.253 e. The number of para-hydroxylation sites is 1. The molecule has 168 valence electrons. The zero-order chi connectivity index (χ0) is 23.1. The Morgan fingerprint density at radius 2 is 1.75 bits per heavy atom. The Balaban J connectivity index is 1.52. The Labute approximate surface area is 188 Å². The normalized spacial score (nSPS) is 11.2. The van der Waals surface area contributed by atoms with E-state index in [2.05, 4.69) is 20.8 Å². The highest BCUT2D eigenvalue weighted by Gasteiger charge is 2.21. The molecule has 32 heavy (non-hydrogen) atoms. The zero-order valence-electron chi connectivity index (χ0n) is 19.1. The first-order valence-corrected chi connectivity index (χ1v) is 10.8. The average molecular weight is 435 g/mol. The summed E-state index contributed by atoms with van der Waals surface area (Å²) in [5.74, 6) is 0.780. The molecule has 3 rings (SSSR count). The van der Waals surface area contributed by atoms with E-state index in [4.69, 9.17) is 4.52 Å². The van der Waals surface area contributed by atoms with Crippen LogP contribution in [0.15, 0.2) is 53.1 Å². The highest BCUT2D eigenvalue weighted by atomic mass is 16.5. The number of nitrogens with zero attached hydrogens (tertiary/aromatic N) is 2. The minimum Gasteiger partial charge on any atom is -0.348 e. The first-order valence-electron chi connectivity index (χ1n) is 10.8. The maximum absolute atomic E-state index is 12.7. The molecule has 0 saturated heterocycles. The lowest BCUT2D eigenvalue weighted by molar-refractivity contribution is -0.116. The number of anilines is 1. The van der Waals surface area contributed by atoms with Crippen LogP contribution >= 0.6 is 0 Å². The van der Waals surface area contributed by atoms with Gasteiger partial charge in [-0.05, 0) is 31.0 Å². The zero-order valence-corrected chi connectivity index (χ0v) is 19.1. The van der Waals surface area contributed by atoms with Crippen molar-refractivity contribution < 1.29 is 14.1 Å². The van der Waals surface area contributed by atoms with Crippen molar-refractivity contribution in [1.82, 2.24) is 15.5 Å². The fourth-order valence-corrected chi connectivity index (χ4v) is 3.05. The van der Waals surface area contributed by atoms with Crippen LogP contribution in [0, 0.1) is 6.92 Å². The lowest BCUT2D eigenvalue weighted by Gasteiger charge is -2.12. The molecule has 0 aliphatic heterocycles. The van der Waals surface area contributed by atoms with E-state index in [1.54, 1.807) is 24.3 Å². The third kappa shape index (κ3) is 6.51. The molecule has 2 amide bonds. The second-order valence-corrected chi connectivity index (χ2v) is 8.88. The van der Waals surface area contributed by atoms with E-state index in [0.717, 1.165) is 5.56 Å². The molecule has 1 aromatic heterocycles. The molecular weight excluding hydrogens is 404 g/mol. The fourth-order valence-electron chi connectivity index (χ4n) is 3.05. The molecule has 0 atom stereocenters. The molecule has 7 heteroatoms. The van der Waals surface area contributed by atoms with Gasteiger partial charge < -0.3 is 15.2 Å². The Morgan fingerprint density at radius 3 is 2.44 bits per heavy atom. The molecule has 0 aliphatic carbocycles. The van der Waals surface area contributed by atoms with Crippen molar-refractivity contribution in [3.63, 3.8) is 0 Å². The number of aromatic nitrogens is 2. The molecular formula is C25H30N4O3. The van der Waals surface area contributed by atoms with Crippen molar-refractivity contribution in [1.29, 1.82) is 0 Å². The van der Waals surface area contributed by atoms with Crippen molar-refractivity contribution >= 4 is 17.5 Å². The summed E-state index contributed by atoms with van der Waals surface area (Å²) in [6.07, 6.45) is 1.38. The smallest absolute Gasteiger partial charge is 0.253 e. The lowest BCUT2D eigenvalue weighted by atomic mass is 9.96. The summed E-state index contributed by atoms with van der Waals surface area (Å²) in [7, 11) is 0. The molecule has 0 unspecified atom stereocenters. The molecule has 2 aromatic carbocycles. The van der Waals surface area contributed by atoms with Crippen LogP contribution in [-0.4, -0.2) is 22.0 Å². The molecule has 7 nitrogen and oxygen atoms in total. The van der Waals surface area contributed by atoms with Crippen molar-refractivity contribution in [3.05, 3.63) is 76.9 Å². The van der Waals surface area contributed by atoms with E-state index in [1.807, 2.05) is 52.0 Å². The molecule has 2 N–H and O–H groups in total. The SMILES string of the molecule is Cc1ccc(CNC(=O)c2ccccc2NC(=O)CCCc2nc(C(C)(C)C)no2)cc1. The second kappa shape index (κ2) is 10.2. The van der Waals surface area contributed by atoms with Crippen molar-refractivity contribution in [2.45, 2.75) is 58.9 Å². The Hall–Kier alpha value is -3.48. The van der Waals surface area contributed by atoms with Gasteiger partial charge in [0, 0.05) is 24.8 Å². The number of carbonyl (C=O) groups is 2. The van der Waals surface area contributed by atoms with E-state index in [-0.39, 0.29) is 23.7 Å². The van der Waals surface area contributed by atoms with Gasteiger partial charge >= 0.3 is 0 Å². The Morgan fingerprint density at radius 1 is 1.03 bits per heavy atom. The van der Waals surface area contributed by atoms with Gasteiger partial charge in [0.15, 0.2) is 5.82 Å². The number of rotatable bonds is 8. The fraction of sp³-hybridized carbons (Fsp3) is 0.360. The highest BCUT2D eigenvalue weighted by molar-refractivity contribution is 6.03. The highest BCUT2D eigenvalue weighted by Crippen LogP contribution is 2.19. The number of amides is 2. The van der Waals surface area contributed by atoms with Crippen LogP contribution in [-0.2, 0) is 23.2 Å². The topological polar surface area (TPSA) is 97.1 Å². The van der Waals surface area contributed by atoms with Gasteiger partial charge in [-0.15, -0.1) is 0 Å². The molecule has 0 radical (unpaired) electrons. The van der Waals surface area contributed by atoms with E-state index in [9.17, 15) is 9.59 Å². The summed E-state index contributed by atoms with van der Waals surface area (Å²) < 4.78 is 5.27. The lowest BCUT2D eigenvalue weighted by Crippen LogP contribution is -2.24. The van der Waals surface area contributed by atoms with Gasteiger partial charge in [-0.25, -0.2) is 0 Å². The quantitative estimate of drug-likeness (QED) is 0.541. The van der Waals surface area contributed by atoms with Crippen LogP contribution < -0.4 is 10.6 Å². The van der Waals surface area contributed by atoms with Crippen molar-refractivity contribution in [2.75, 3.05) is 5.32 Å². The van der Waals surface area contributed by atoms with Crippen LogP contribution in [0.5, 0.6) is 0 Å². The minimum atomic E-state index is -0.234. The Kier molecular flexibility index (Phi) is 7.41. The molecule has 0 bridgehead atoms. The Bertz CT molecular complexity index is 1070. The van der Waals surface area contributed by atoms with Crippen LogP contribution in [0.25, 0.3) is 0 Å². The van der Waals surface area contributed by atoms with Crippen LogP contribution in [0.4, 0.5) is 5.69 Å². The van der Waals surface area contributed by atoms with E-state index in [1.165, 1.54) is 5.56 Å². The standard InChI is InChI=1S/C25H30N4O3/c1-17-12-14-18(15-13-17)16-26-23(31)19-8-5-6-9-20(19)27-21(30)10-7-11-22-28-24(29-32-22)25(2,3)4/h5-6,8-9,12-15H,7,10-11,16H2,1-4H3,(H,26,31)(H,27,30). The number of hydrogen-bond donors (Lipinski definition) is 2. The molecule has 3 aromatic rings. The van der Waals surface area contributed by atoms with Crippen LogP contribution in [0.2, 0.25) is 0 Å². The summed E-state index contributed by atoms with van der Waals surface area (Å²) >= 11 is 0. The summed E-state index contributed by atoms with van der Waals surface area (Å²) in [6, 6.07) is 15.0. The van der Waals surface area contributed by atoms with E-state index >= 15 is 0 Å². The third-order valence-corrected chi connectivity index (χ3v) is 4.95. The first kappa shape index (κ1) is 23.2. The summed E-state index contributed by atoms with van der Waals surface area (Å²) in [4.78, 5) is 29.5. The van der Waals surface area contributed by atoms with Gasteiger partial charge in [0.25, 0.3) is 5.91 Å². The molecule has 0 saturated carbocycles. The average Bonchev–Trinajstić information content (AvgIpc) is 3.23. The van der Waals surface area contributed by atoms with Gasteiger partial charge in [-0.1, -0.05) is 67.9 Å². The third-order valence-electron chi connectivity index (χ3n) is 4.95. The second-order valence-electron chi connectivity index (χ2n) is 8.88. The molecule has 1 heterocycles. The molecule has 0 spiro atoms. The largest absolute Gasteiger partial charge is 0.348 e. The predicted molar refractivity (Wildman–Crippen MR) is 123 cm³/mol. The number of carbonyl (C=O) groups excluding carboxylic acids is 2. The number of benzene rings is 2. The van der Waals surface area contributed by atoms with Gasteiger partial charge in [0.2, 0.25) is 11.8 Å². The van der Waals surface area contributed by atoms with Crippen LogP contribution in [0.1, 0.15) is 66.8 Å².